The molecule has 1 unspecified atom stereocenters. The van der Waals surface area contributed by atoms with Crippen molar-refractivity contribution in [1.29, 1.82) is 0 Å². The Balaban J connectivity index is 3.13. The number of methoxy groups -OCH3 is 1. The van der Waals surface area contributed by atoms with Crippen molar-refractivity contribution in [2.45, 2.75) is 51.6 Å². The fourth-order valence-corrected chi connectivity index (χ4v) is 2.61. The van der Waals surface area contributed by atoms with Gasteiger partial charge in [0.15, 0.2) is 0 Å². The summed E-state index contributed by atoms with van der Waals surface area (Å²) in [5, 5.41) is 14.5. The molecule has 0 aliphatic rings. The average molecular weight is 419 g/mol. The van der Waals surface area contributed by atoms with Crippen LogP contribution in [0.4, 0.5) is 18.0 Å². The van der Waals surface area contributed by atoms with Gasteiger partial charge >= 0.3 is 12.3 Å². The van der Waals surface area contributed by atoms with Gasteiger partial charge in [0.05, 0.1) is 24.7 Å². The zero-order chi connectivity index (χ0) is 22.4. The SMILES string of the molecule is COC(=O)NC(C(=O)N[C@@H](Cc1ccc(C)cc1)[C@@H](O)CN)C(C)(C)C(F)(F)F. The van der Waals surface area contributed by atoms with E-state index in [4.69, 9.17) is 5.73 Å². The summed E-state index contributed by atoms with van der Waals surface area (Å²) in [7, 11) is 0.975. The molecule has 0 aliphatic carbocycles. The van der Waals surface area contributed by atoms with Crippen LogP contribution >= 0.6 is 0 Å². The number of alkyl halides is 3. The van der Waals surface area contributed by atoms with Crippen molar-refractivity contribution < 1.29 is 32.6 Å². The number of rotatable bonds is 8. The van der Waals surface area contributed by atoms with E-state index in [0.717, 1.165) is 32.1 Å². The molecule has 1 rings (SSSR count). The van der Waals surface area contributed by atoms with Gasteiger partial charge in [0, 0.05) is 6.54 Å². The first-order valence-corrected chi connectivity index (χ1v) is 8.98. The number of benzene rings is 1. The van der Waals surface area contributed by atoms with Gasteiger partial charge in [0.25, 0.3) is 0 Å². The first-order chi connectivity index (χ1) is 13.3. The number of ether oxygens (including phenoxy) is 1. The number of carbonyl (C=O) groups excluding carboxylic acids is 2. The highest BCUT2D eigenvalue weighted by Crippen LogP contribution is 2.40. The summed E-state index contributed by atoms with van der Waals surface area (Å²) in [6, 6.07) is 4.28. The molecule has 29 heavy (non-hydrogen) atoms. The lowest BCUT2D eigenvalue weighted by atomic mass is 9.82. The third-order valence-electron chi connectivity index (χ3n) is 4.77. The highest BCUT2D eigenvalue weighted by molar-refractivity contribution is 5.86. The van der Waals surface area contributed by atoms with Crippen LogP contribution in [0.2, 0.25) is 0 Å². The number of amides is 2. The number of hydrogen-bond donors (Lipinski definition) is 4. The number of aryl methyl sites for hydroxylation is 1. The van der Waals surface area contributed by atoms with Crippen molar-refractivity contribution in [1.82, 2.24) is 10.6 Å². The molecule has 2 amide bonds. The van der Waals surface area contributed by atoms with Crippen molar-refractivity contribution in [3.63, 3.8) is 0 Å². The molecule has 10 heteroatoms. The van der Waals surface area contributed by atoms with Crippen molar-refractivity contribution in [2.75, 3.05) is 13.7 Å². The van der Waals surface area contributed by atoms with Gasteiger partial charge < -0.3 is 26.2 Å². The molecule has 7 nitrogen and oxygen atoms in total. The Bertz CT molecular complexity index is 693. The molecule has 0 aromatic heterocycles. The van der Waals surface area contributed by atoms with E-state index in [0.29, 0.717) is 0 Å². The number of nitrogens with one attached hydrogen (secondary N) is 2. The van der Waals surface area contributed by atoms with Gasteiger partial charge in [0.1, 0.15) is 6.04 Å². The van der Waals surface area contributed by atoms with Gasteiger partial charge in [-0.2, -0.15) is 13.2 Å². The minimum absolute atomic E-state index is 0.141. The molecule has 0 fully saturated rings. The first-order valence-electron chi connectivity index (χ1n) is 8.98. The summed E-state index contributed by atoms with van der Waals surface area (Å²) in [5.74, 6) is -1.11. The number of hydrogen-bond acceptors (Lipinski definition) is 5. The van der Waals surface area contributed by atoms with Gasteiger partial charge in [-0.25, -0.2) is 4.79 Å². The van der Waals surface area contributed by atoms with Crippen LogP contribution < -0.4 is 16.4 Å². The van der Waals surface area contributed by atoms with E-state index in [1.807, 2.05) is 24.4 Å². The summed E-state index contributed by atoms with van der Waals surface area (Å²) in [4.78, 5) is 24.3. The zero-order valence-electron chi connectivity index (χ0n) is 16.8. The Labute approximate surface area is 167 Å². The molecule has 0 bridgehead atoms. The summed E-state index contributed by atoms with van der Waals surface area (Å²) in [5.41, 5.74) is 4.64. The summed E-state index contributed by atoms with van der Waals surface area (Å²) in [6.07, 6.45) is -7.04. The number of aliphatic hydroxyl groups excluding tert-OH is 1. The molecule has 0 heterocycles. The summed E-state index contributed by atoms with van der Waals surface area (Å²) in [6.45, 7) is 3.26. The van der Waals surface area contributed by atoms with E-state index < -0.39 is 41.8 Å². The van der Waals surface area contributed by atoms with E-state index in [9.17, 15) is 27.9 Å². The zero-order valence-corrected chi connectivity index (χ0v) is 16.8. The number of nitrogens with two attached hydrogens (primary N) is 1. The van der Waals surface area contributed by atoms with E-state index in [1.165, 1.54) is 0 Å². The molecule has 164 valence electrons. The normalized spacial score (nSPS) is 15.2. The Hall–Kier alpha value is -2.33. The van der Waals surface area contributed by atoms with Crippen LogP contribution in [0.1, 0.15) is 25.0 Å². The van der Waals surface area contributed by atoms with Gasteiger partial charge in [-0.3, -0.25) is 4.79 Å². The van der Waals surface area contributed by atoms with Gasteiger partial charge in [-0.15, -0.1) is 0 Å². The van der Waals surface area contributed by atoms with Crippen molar-refractivity contribution in [3.8, 4) is 0 Å². The van der Waals surface area contributed by atoms with Gasteiger partial charge in [-0.05, 0) is 32.8 Å². The minimum Gasteiger partial charge on any atom is -0.453 e. The molecule has 0 saturated carbocycles. The second-order valence-corrected chi connectivity index (χ2v) is 7.40. The Morgan fingerprint density at radius 2 is 1.72 bits per heavy atom. The lowest BCUT2D eigenvalue weighted by Gasteiger charge is -2.36. The van der Waals surface area contributed by atoms with Crippen LogP contribution in [0.25, 0.3) is 0 Å². The van der Waals surface area contributed by atoms with E-state index >= 15 is 0 Å². The van der Waals surface area contributed by atoms with Crippen molar-refractivity contribution in [2.24, 2.45) is 11.1 Å². The molecule has 0 saturated heterocycles. The van der Waals surface area contributed by atoms with Crippen LogP contribution in [-0.2, 0) is 16.0 Å². The number of alkyl carbamates (subject to hydrolysis) is 1. The van der Waals surface area contributed by atoms with Crippen LogP contribution in [-0.4, -0.2) is 55.1 Å². The van der Waals surface area contributed by atoms with Crippen LogP contribution in [0.3, 0.4) is 0 Å². The molecule has 1 aromatic carbocycles. The summed E-state index contributed by atoms with van der Waals surface area (Å²) >= 11 is 0. The number of halogens is 3. The maximum atomic E-state index is 13.5. The Morgan fingerprint density at radius 1 is 1.17 bits per heavy atom. The highest BCUT2D eigenvalue weighted by Gasteiger charge is 2.55. The van der Waals surface area contributed by atoms with Crippen molar-refractivity contribution >= 4 is 12.0 Å². The smallest absolute Gasteiger partial charge is 0.407 e. The fourth-order valence-electron chi connectivity index (χ4n) is 2.61. The molecule has 0 aliphatic heterocycles. The third kappa shape index (κ3) is 6.60. The molecule has 0 spiro atoms. The largest absolute Gasteiger partial charge is 0.453 e. The summed E-state index contributed by atoms with van der Waals surface area (Å²) < 4.78 is 44.9. The van der Waals surface area contributed by atoms with Crippen LogP contribution in [0.5, 0.6) is 0 Å². The van der Waals surface area contributed by atoms with E-state index in [2.05, 4.69) is 10.1 Å². The Kier molecular flexibility index (Phi) is 8.46. The van der Waals surface area contributed by atoms with Gasteiger partial charge in [-0.1, -0.05) is 29.8 Å². The quantitative estimate of drug-likeness (QED) is 0.512. The maximum absolute atomic E-state index is 13.5. The topological polar surface area (TPSA) is 114 Å². The number of aliphatic hydroxyl groups is 1. The molecule has 0 radical (unpaired) electrons. The molecule has 1 aromatic rings. The molecular weight excluding hydrogens is 391 g/mol. The van der Waals surface area contributed by atoms with Crippen LogP contribution in [0, 0.1) is 12.3 Å². The fraction of sp³-hybridized carbons (Fsp3) is 0.579. The predicted octanol–water partition coefficient (Wildman–Crippen LogP) is 1.66. The lowest BCUT2D eigenvalue weighted by Crippen LogP contribution is -2.62. The maximum Gasteiger partial charge on any atom is 0.407 e. The molecule has 5 N–H and O–H groups in total. The third-order valence-corrected chi connectivity index (χ3v) is 4.77. The lowest BCUT2D eigenvalue weighted by molar-refractivity contribution is -0.220. The van der Waals surface area contributed by atoms with E-state index in [-0.39, 0.29) is 13.0 Å². The standard InChI is InChI=1S/C19H28F3N3O4/c1-11-5-7-12(8-6-11)9-13(14(26)10-23)24-16(27)15(25-17(28)29-4)18(2,3)19(20,21)22/h5-8,13-15,26H,9-10,23H2,1-4H3,(H,24,27)(H,25,28)/t13-,14-,15?/m0/s1. The second-order valence-electron chi connectivity index (χ2n) is 7.40. The van der Waals surface area contributed by atoms with E-state index in [1.54, 1.807) is 12.1 Å². The second kappa shape index (κ2) is 9.93. The molecular formula is C19H28F3N3O4. The van der Waals surface area contributed by atoms with Crippen LogP contribution in [0.15, 0.2) is 24.3 Å². The first kappa shape index (κ1) is 24.7. The Morgan fingerprint density at radius 3 is 2.17 bits per heavy atom. The average Bonchev–Trinajstić information content (AvgIpc) is 2.65. The van der Waals surface area contributed by atoms with Gasteiger partial charge in [0.2, 0.25) is 5.91 Å². The molecule has 3 atom stereocenters. The monoisotopic (exact) mass is 419 g/mol. The highest BCUT2D eigenvalue weighted by atomic mass is 19.4. The number of carbonyl (C=O) groups is 2. The van der Waals surface area contributed by atoms with Crippen molar-refractivity contribution in [3.05, 3.63) is 35.4 Å². The predicted molar refractivity (Wildman–Crippen MR) is 101 cm³/mol. The minimum atomic E-state index is -4.80.